The predicted molar refractivity (Wildman–Crippen MR) is 63.4 cm³/mol. The van der Waals surface area contributed by atoms with Gasteiger partial charge >= 0.3 is 0 Å². The highest BCUT2D eigenvalue weighted by Gasteiger charge is 2.05. The van der Waals surface area contributed by atoms with Crippen LogP contribution in [0.2, 0.25) is 5.28 Å². The second-order valence-electron chi connectivity index (χ2n) is 3.20. The van der Waals surface area contributed by atoms with E-state index in [0.29, 0.717) is 6.54 Å². The molecule has 2 heterocycles. The maximum Gasteiger partial charge on any atom is 0.224 e. The van der Waals surface area contributed by atoms with Crippen molar-refractivity contribution in [3.63, 3.8) is 0 Å². The summed E-state index contributed by atoms with van der Waals surface area (Å²) in [7, 11) is 0. The molecule has 3 nitrogen and oxygen atoms in total. The molecule has 0 spiro atoms. The topological polar surface area (TPSA) is 37.8 Å². The van der Waals surface area contributed by atoms with E-state index in [4.69, 9.17) is 11.6 Å². The van der Waals surface area contributed by atoms with Gasteiger partial charge in [-0.05, 0) is 30.7 Å². The molecule has 0 aromatic carbocycles. The van der Waals surface area contributed by atoms with Gasteiger partial charge in [0.1, 0.15) is 0 Å². The molecule has 2 aromatic heterocycles. The zero-order valence-corrected chi connectivity index (χ0v) is 10.1. The van der Waals surface area contributed by atoms with Crippen molar-refractivity contribution < 1.29 is 4.39 Å². The molecule has 0 unspecified atom stereocenters. The fourth-order valence-electron chi connectivity index (χ4n) is 1.22. The van der Waals surface area contributed by atoms with Crippen LogP contribution in [0.3, 0.4) is 0 Å². The van der Waals surface area contributed by atoms with Crippen LogP contribution in [-0.4, -0.2) is 9.97 Å². The van der Waals surface area contributed by atoms with Crippen molar-refractivity contribution in [1.29, 1.82) is 0 Å². The monoisotopic (exact) mass is 257 g/mol. The molecule has 2 aromatic rings. The van der Waals surface area contributed by atoms with E-state index in [1.807, 2.05) is 19.1 Å². The molecule has 0 aliphatic heterocycles. The molecule has 0 radical (unpaired) electrons. The Morgan fingerprint density at radius 2 is 2.31 bits per heavy atom. The lowest BCUT2D eigenvalue weighted by molar-refractivity contribution is 0.616. The number of thiophene rings is 1. The third-order valence-electron chi connectivity index (χ3n) is 1.94. The number of halogens is 2. The largest absolute Gasteiger partial charge is 0.363 e. The molecular weight excluding hydrogens is 249 g/mol. The molecule has 0 atom stereocenters. The Morgan fingerprint density at radius 3 is 3.00 bits per heavy atom. The van der Waals surface area contributed by atoms with Gasteiger partial charge < -0.3 is 5.32 Å². The van der Waals surface area contributed by atoms with E-state index in [1.54, 1.807) is 11.3 Å². The first-order chi connectivity index (χ1) is 7.65. The lowest BCUT2D eigenvalue weighted by Crippen LogP contribution is -2.03. The van der Waals surface area contributed by atoms with Gasteiger partial charge in [-0.1, -0.05) is 0 Å². The quantitative estimate of drug-likeness (QED) is 0.858. The SMILES string of the molecule is Cc1ccc(CNc2nc(Cl)ncc2F)s1. The molecule has 0 saturated heterocycles. The summed E-state index contributed by atoms with van der Waals surface area (Å²) in [6.07, 6.45) is 1.05. The summed E-state index contributed by atoms with van der Waals surface area (Å²) in [4.78, 5) is 9.65. The Balaban J connectivity index is 2.07. The summed E-state index contributed by atoms with van der Waals surface area (Å²) in [6.45, 7) is 2.55. The van der Waals surface area contributed by atoms with Crippen molar-refractivity contribution in [2.75, 3.05) is 5.32 Å². The first kappa shape index (κ1) is 11.3. The highest BCUT2D eigenvalue weighted by atomic mass is 35.5. The van der Waals surface area contributed by atoms with Gasteiger partial charge in [0, 0.05) is 9.75 Å². The number of hydrogen-bond acceptors (Lipinski definition) is 4. The van der Waals surface area contributed by atoms with Crippen LogP contribution in [0.15, 0.2) is 18.3 Å². The summed E-state index contributed by atoms with van der Waals surface area (Å²) in [6, 6.07) is 4.01. The third kappa shape index (κ3) is 2.68. The van der Waals surface area contributed by atoms with E-state index < -0.39 is 5.82 Å². The van der Waals surface area contributed by atoms with Crippen LogP contribution in [0.4, 0.5) is 10.2 Å². The van der Waals surface area contributed by atoms with E-state index >= 15 is 0 Å². The molecule has 0 aliphatic rings. The Hall–Kier alpha value is -1.20. The number of aromatic nitrogens is 2. The highest BCUT2D eigenvalue weighted by Crippen LogP contribution is 2.18. The molecule has 16 heavy (non-hydrogen) atoms. The summed E-state index contributed by atoms with van der Waals surface area (Å²) >= 11 is 7.23. The van der Waals surface area contributed by atoms with Crippen LogP contribution in [0.25, 0.3) is 0 Å². The van der Waals surface area contributed by atoms with E-state index in [1.165, 1.54) is 4.88 Å². The van der Waals surface area contributed by atoms with Crippen LogP contribution in [0.1, 0.15) is 9.75 Å². The Labute approximate surface area is 101 Å². The van der Waals surface area contributed by atoms with Gasteiger partial charge in [-0.3, -0.25) is 0 Å². The fraction of sp³-hybridized carbons (Fsp3) is 0.200. The molecule has 2 rings (SSSR count). The number of aryl methyl sites for hydroxylation is 1. The van der Waals surface area contributed by atoms with Crippen molar-refractivity contribution in [2.24, 2.45) is 0 Å². The van der Waals surface area contributed by atoms with E-state index in [0.717, 1.165) is 11.1 Å². The first-order valence-electron chi connectivity index (χ1n) is 4.62. The standard InChI is InChI=1S/C10H9ClFN3S/c1-6-2-3-7(16-6)4-13-9-8(12)5-14-10(11)15-9/h2-3,5H,4H2,1H3,(H,13,14,15). The average molecular weight is 258 g/mol. The van der Waals surface area contributed by atoms with Crippen molar-refractivity contribution >= 4 is 28.8 Å². The minimum absolute atomic E-state index is 0.0336. The maximum atomic E-state index is 13.2. The van der Waals surface area contributed by atoms with Crippen molar-refractivity contribution in [1.82, 2.24) is 9.97 Å². The third-order valence-corrected chi connectivity index (χ3v) is 3.12. The fourth-order valence-corrected chi connectivity index (χ4v) is 2.18. The molecular formula is C10H9ClFN3S. The molecule has 84 valence electrons. The van der Waals surface area contributed by atoms with Crippen molar-refractivity contribution in [3.05, 3.63) is 39.2 Å². The number of nitrogens with one attached hydrogen (secondary N) is 1. The van der Waals surface area contributed by atoms with E-state index in [-0.39, 0.29) is 11.1 Å². The lowest BCUT2D eigenvalue weighted by Gasteiger charge is -2.04. The van der Waals surface area contributed by atoms with Gasteiger partial charge in [0.2, 0.25) is 5.28 Å². The normalized spacial score (nSPS) is 10.4. The Kier molecular flexibility index (Phi) is 3.36. The van der Waals surface area contributed by atoms with Gasteiger partial charge in [0.05, 0.1) is 12.7 Å². The lowest BCUT2D eigenvalue weighted by atomic mass is 10.4. The second kappa shape index (κ2) is 4.76. The summed E-state index contributed by atoms with van der Waals surface area (Å²) < 4.78 is 13.2. The van der Waals surface area contributed by atoms with Crippen LogP contribution >= 0.6 is 22.9 Å². The van der Waals surface area contributed by atoms with Crippen LogP contribution in [0.5, 0.6) is 0 Å². The molecule has 0 amide bonds. The number of anilines is 1. The van der Waals surface area contributed by atoms with Gasteiger partial charge in [-0.15, -0.1) is 11.3 Å². The number of rotatable bonds is 3. The van der Waals surface area contributed by atoms with Crippen LogP contribution < -0.4 is 5.32 Å². The zero-order valence-electron chi connectivity index (χ0n) is 8.50. The zero-order chi connectivity index (χ0) is 11.5. The van der Waals surface area contributed by atoms with Gasteiger partial charge in [0.25, 0.3) is 0 Å². The minimum Gasteiger partial charge on any atom is -0.363 e. The Morgan fingerprint density at radius 1 is 1.50 bits per heavy atom. The van der Waals surface area contributed by atoms with Gasteiger partial charge in [-0.25, -0.2) is 9.37 Å². The molecule has 0 aliphatic carbocycles. The summed E-state index contributed by atoms with van der Waals surface area (Å²) in [5.41, 5.74) is 0. The summed E-state index contributed by atoms with van der Waals surface area (Å²) in [5, 5.41) is 2.92. The number of hydrogen-bond donors (Lipinski definition) is 1. The van der Waals surface area contributed by atoms with Gasteiger partial charge in [0.15, 0.2) is 11.6 Å². The van der Waals surface area contributed by atoms with Gasteiger partial charge in [-0.2, -0.15) is 4.98 Å². The average Bonchev–Trinajstić information content (AvgIpc) is 2.66. The Bertz CT molecular complexity index is 501. The second-order valence-corrected chi connectivity index (χ2v) is 4.91. The first-order valence-corrected chi connectivity index (χ1v) is 5.82. The van der Waals surface area contributed by atoms with Crippen LogP contribution in [0, 0.1) is 12.7 Å². The van der Waals surface area contributed by atoms with Crippen LogP contribution in [-0.2, 0) is 6.54 Å². The minimum atomic E-state index is -0.502. The summed E-state index contributed by atoms with van der Waals surface area (Å²) in [5.74, 6) is -0.372. The highest BCUT2D eigenvalue weighted by molar-refractivity contribution is 7.11. The maximum absolute atomic E-state index is 13.2. The van der Waals surface area contributed by atoms with Crippen molar-refractivity contribution in [2.45, 2.75) is 13.5 Å². The smallest absolute Gasteiger partial charge is 0.224 e. The molecule has 0 bridgehead atoms. The molecule has 6 heteroatoms. The molecule has 1 N–H and O–H groups in total. The van der Waals surface area contributed by atoms with E-state index in [2.05, 4.69) is 15.3 Å². The molecule has 0 fully saturated rings. The molecule has 0 saturated carbocycles. The van der Waals surface area contributed by atoms with Crippen molar-refractivity contribution in [3.8, 4) is 0 Å². The van der Waals surface area contributed by atoms with E-state index in [9.17, 15) is 4.39 Å². The number of nitrogens with zero attached hydrogens (tertiary/aromatic N) is 2. The predicted octanol–water partition coefficient (Wildman–Crippen LogP) is 3.25.